The number of carbonyl (C=O) groups excluding carboxylic acids is 1. The summed E-state index contributed by atoms with van der Waals surface area (Å²) < 4.78 is 11.1. The minimum atomic E-state index is -0.852. The summed E-state index contributed by atoms with van der Waals surface area (Å²) in [6.45, 7) is 1.31. The Morgan fingerprint density at radius 1 is 1.24 bits per heavy atom. The monoisotopic (exact) mass is 498 g/mol. The predicted octanol–water partition coefficient (Wildman–Crippen LogP) is 2.57. The summed E-state index contributed by atoms with van der Waals surface area (Å²) in [5.74, 6) is 0.411. The van der Waals surface area contributed by atoms with Crippen molar-refractivity contribution in [2.45, 2.75) is 12.5 Å². The van der Waals surface area contributed by atoms with E-state index in [1.54, 1.807) is 5.06 Å². The molecule has 1 amide bonds. The van der Waals surface area contributed by atoms with E-state index in [1.807, 2.05) is 24.3 Å². The molecular weight excluding hydrogens is 471 g/mol. The quantitative estimate of drug-likeness (QED) is 0.437. The number of β-amino-alcohol motifs (C(OH)–C–C–N with tert-alkyl or cyclic N) is 1. The number of aliphatic hydroxyl groups is 2. The van der Waals surface area contributed by atoms with Crippen molar-refractivity contribution in [3.8, 4) is 11.5 Å². The van der Waals surface area contributed by atoms with Gasteiger partial charge in [-0.1, -0.05) is 35.3 Å². The van der Waals surface area contributed by atoms with Gasteiger partial charge in [0.05, 0.1) is 30.3 Å². The van der Waals surface area contributed by atoms with Gasteiger partial charge in [0, 0.05) is 30.6 Å². The van der Waals surface area contributed by atoms with Crippen LogP contribution in [0.15, 0.2) is 36.4 Å². The second kappa shape index (κ2) is 12.4. The first-order valence-electron chi connectivity index (χ1n) is 10.6. The van der Waals surface area contributed by atoms with Crippen LogP contribution in [0.25, 0.3) is 0 Å². The summed E-state index contributed by atoms with van der Waals surface area (Å²) in [5, 5.41) is 24.6. The summed E-state index contributed by atoms with van der Waals surface area (Å²) in [6, 6.07) is 10.7. The lowest BCUT2D eigenvalue weighted by Crippen LogP contribution is -2.34. The van der Waals surface area contributed by atoms with E-state index in [9.17, 15) is 9.90 Å². The molecule has 0 unspecified atom stereocenters. The van der Waals surface area contributed by atoms with Crippen molar-refractivity contribution < 1.29 is 29.3 Å². The molecule has 180 valence electrons. The van der Waals surface area contributed by atoms with Gasteiger partial charge in [0.15, 0.2) is 0 Å². The van der Waals surface area contributed by atoms with Gasteiger partial charge in [0.1, 0.15) is 30.8 Å². The zero-order valence-corrected chi connectivity index (χ0v) is 19.8. The molecule has 1 aliphatic heterocycles. The topological polar surface area (TPSA) is 100 Å². The zero-order chi connectivity index (χ0) is 23.8. The highest BCUT2D eigenvalue weighted by Gasteiger charge is 2.26. The molecule has 0 spiro atoms. The number of aliphatic hydroxyl groups excluding tert-OH is 2. The second-order valence-corrected chi connectivity index (χ2v) is 8.58. The van der Waals surface area contributed by atoms with E-state index in [4.69, 9.17) is 42.6 Å². The number of hydrogen-bond acceptors (Lipinski definition) is 7. The molecule has 0 aliphatic carbocycles. The third-order valence-corrected chi connectivity index (χ3v) is 5.64. The average molecular weight is 499 g/mol. The van der Waals surface area contributed by atoms with Crippen molar-refractivity contribution in [1.29, 1.82) is 0 Å². The van der Waals surface area contributed by atoms with Crippen molar-refractivity contribution in [2.75, 3.05) is 46.6 Å². The Balaban J connectivity index is 1.54. The van der Waals surface area contributed by atoms with Gasteiger partial charge in [0.25, 0.3) is 5.91 Å². The van der Waals surface area contributed by atoms with E-state index in [0.717, 1.165) is 6.42 Å². The van der Waals surface area contributed by atoms with Gasteiger partial charge in [-0.3, -0.25) is 9.63 Å². The average Bonchev–Trinajstić information content (AvgIpc) is 3.24. The van der Waals surface area contributed by atoms with Crippen LogP contribution < -0.4 is 14.8 Å². The lowest BCUT2D eigenvalue weighted by molar-refractivity contribution is -0.131. The number of benzene rings is 2. The number of amides is 1. The zero-order valence-electron chi connectivity index (χ0n) is 18.3. The first-order chi connectivity index (χ1) is 15.9. The Bertz CT molecular complexity index is 928. The van der Waals surface area contributed by atoms with Crippen molar-refractivity contribution in [2.24, 2.45) is 5.92 Å². The Hall–Kier alpha value is -2.07. The third kappa shape index (κ3) is 7.46. The highest BCUT2D eigenvalue weighted by molar-refractivity contribution is 6.32. The molecule has 1 saturated heterocycles. The number of nitrogens with zero attached hydrogens (tertiary/aromatic N) is 1. The molecule has 3 N–H and O–H groups in total. The minimum Gasteiger partial charge on any atom is -0.490 e. The van der Waals surface area contributed by atoms with E-state index in [-0.39, 0.29) is 54.4 Å². The summed E-state index contributed by atoms with van der Waals surface area (Å²) in [6.07, 6.45) is 0.00579. The lowest BCUT2D eigenvalue weighted by atomic mass is 10.0. The van der Waals surface area contributed by atoms with Gasteiger partial charge in [-0.25, -0.2) is 0 Å². The highest BCUT2D eigenvalue weighted by Crippen LogP contribution is 2.33. The normalized spacial score (nSPS) is 17.1. The van der Waals surface area contributed by atoms with Crippen LogP contribution in [0.5, 0.6) is 11.5 Å². The van der Waals surface area contributed by atoms with Crippen LogP contribution in [0.3, 0.4) is 0 Å². The van der Waals surface area contributed by atoms with Crippen LogP contribution in [0.1, 0.15) is 15.9 Å². The van der Waals surface area contributed by atoms with Gasteiger partial charge in [-0.05, 0) is 30.2 Å². The number of carbonyl (C=O) groups is 1. The van der Waals surface area contributed by atoms with Crippen LogP contribution in [0.4, 0.5) is 0 Å². The molecule has 0 bridgehead atoms. The summed E-state index contributed by atoms with van der Waals surface area (Å²) in [4.78, 5) is 17.9. The molecular formula is C23H28Cl2N2O6. The molecule has 8 nitrogen and oxygen atoms in total. The molecule has 1 fully saturated rings. The van der Waals surface area contributed by atoms with Gasteiger partial charge in [-0.2, -0.15) is 5.06 Å². The fourth-order valence-electron chi connectivity index (χ4n) is 3.51. The van der Waals surface area contributed by atoms with Crippen LogP contribution in [0, 0.1) is 5.92 Å². The molecule has 0 aromatic heterocycles. The molecule has 3 rings (SSSR count). The molecule has 0 saturated carbocycles. The Morgan fingerprint density at radius 3 is 2.70 bits per heavy atom. The minimum absolute atomic E-state index is 0.0462. The number of halogens is 2. The molecule has 0 radical (unpaired) electrons. The fraction of sp³-hybridized carbons (Fsp3) is 0.435. The summed E-state index contributed by atoms with van der Waals surface area (Å²) in [5.41, 5.74) is 1.40. The first kappa shape index (κ1) is 25.6. The molecule has 2 aromatic carbocycles. The maximum Gasteiger partial charge on any atom is 0.254 e. The highest BCUT2D eigenvalue weighted by atomic mass is 35.5. The Kier molecular flexibility index (Phi) is 9.61. The number of rotatable bonds is 11. The van der Waals surface area contributed by atoms with Crippen LogP contribution in [0.2, 0.25) is 10.0 Å². The molecule has 33 heavy (non-hydrogen) atoms. The standard InChI is InChI=1S/C23H28Cl2N2O6/c1-26-23(30)19-9-20(25)22(31-7-6-28)10-21(19)32-14-18(29)12-27-11-16(13-33-27)8-15-2-4-17(24)5-3-15/h2-5,9-10,16,18,28-29H,6-8,11-14H2,1H3,(H,26,30)/t16-,18+/m1/s1. The van der Waals surface area contributed by atoms with E-state index < -0.39 is 6.10 Å². The molecule has 2 atom stereocenters. The fourth-order valence-corrected chi connectivity index (χ4v) is 3.86. The summed E-state index contributed by atoms with van der Waals surface area (Å²) in [7, 11) is 1.50. The largest absolute Gasteiger partial charge is 0.490 e. The maximum atomic E-state index is 12.2. The van der Waals surface area contributed by atoms with E-state index in [2.05, 4.69) is 5.32 Å². The van der Waals surface area contributed by atoms with Gasteiger partial charge in [-0.15, -0.1) is 0 Å². The Labute approximate surface area is 202 Å². The van der Waals surface area contributed by atoms with Crippen molar-refractivity contribution in [1.82, 2.24) is 10.4 Å². The van der Waals surface area contributed by atoms with Crippen LogP contribution >= 0.6 is 23.2 Å². The molecule has 10 heteroatoms. The Morgan fingerprint density at radius 2 is 2.00 bits per heavy atom. The molecule has 1 heterocycles. The van der Waals surface area contributed by atoms with E-state index in [0.29, 0.717) is 24.1 Å². The molecule has 1 aliphatic rings. The van der Waals surface area contributed by atoms with Crippen molar-refractivity contribution in [3.05, 3.63) is 57.6 Å². The van der Waals surface area contributed by atoms with Crippen LogP contribution in [-0.4, -0.2) is 73.9 Å². The van der Waals surface area contributed by atoms with E-state index in [1.165, 1.54) is 24.7 Å². The number of hydroxylamine groups is 2. The smallest absolute Gasteiger partial charge is 0.254 e. The van der Waals surface area contributed by atoms with Crippen LogP contribution in [-0.2, 0) is 11.3 Å². The van der Waals surface area contributed by atoms with Crippen molar-refractivity contribution in [3.63, 3.8) is 0 Å². The number of nitrogens with one attached hydrogen (secondary N) is 1. The van der Waals surface area contributed by atoms with E-state index >= 15 is 0 Å². The van der Waals surface area contributed by atoms with Gasteiger partial charge in [0.2, 0.25) is 0 Å². The maximum absolute atomic E-state index is 12.2. The second-order valence-electron chi connectivity index (χ2n) is 7.73. The van der Waals surface area contributed by atoms with Crippen molar-refractivity contribution >= 4 is 29.1 Å². The predicted molar refractivity (Wildman–Crippen MR) is 125 cm³/mol. The number of ether oxygens (including phenoxy) is 2. The SMILES string of the molecule is CNC(=O)c1cc(Cl)c(OCCO)cc1OC[C@@H](O)CN1C[C@@H](Cc2ccc(Cl)cc2)CO1. The lowest BCUT2D eigenvalue weighted by Gasteiger charge is -2.20. The third-order valence-electron chi connectivity index (χ3n) is 5.09. The molecule has 2 aromatic rings. The number of hydrogen-bond donors (Lipinski definition) is 3. The summed E-state index contributed by atoms with van der Waals surface area (Å²) >= 11 is 12.1. The van der Waals surface area contributed by atoms with Gasteiger partial charge >= 0.3 is 0 Å². The van der Waals surface area contributed by atoms with Gasteiger partial charge < -0.3 is 25.0 Å². The first-order valence-corrected chi connectivity index (χ1v) is 11.4.